The lowest BCUT2D eigenvalue weighted by Gasteiger charge is -2.12. The number of benzene rings is 2. The highest BCUT2D eigenvalue weighted by molar-refractivity contribution is 7.89. The Balaban J connectivity index is 1.96. The van der Waals surface area contributed by atoms with E-state index in [1.165, 1.54) is 13.1 Å². The number of fused-ring (bicyclic) bond motifs is 1. The van der Waals surface area contributed by atoms with Crippen LogP contribution in [0, 0.1) is 13.8 Å². The Labute approximate surface area is 152 Å². The maximum atomic E-state index is 12.6. The number of hydrogen-bond acceptors (Lipinski definition) is 4. The van der Waals surface area contributed by atoms with Gasteiger partial charge >= 0.3 is 0 Å². The molecule has 26 heavy (non-hydrogen) atoms. The molecule has 0 saturated carbocycles. The van der Waals surface area contributed by atoms with Crippen LogP contribution in [0.1, 0.15) is 21.5 Å². The van der Waals surface area contributed by atoms with Crippen LogP contribution in [0.25, 0.3) is 10.9 Å². The van der Waals surface area contributed by atoms with Gasteiger partial charge in [0.05, 0.1) is 10.4 Å². The van der Waals surface area contributed by atoms with Gasteiger partial charge in [-0.25, -0.2) is 18.1 Å². The predicted octanol–water partition coefficient (Wildman–Crippen LogP) is 3.01. The molecule has 134 valence electrons. The Morgan fingerprint density at radius 2 is 1.77 bits per heavy atom. The molecular weight excluding hydrogens is 350 g/mol. The lowest BCUT2D eigenvalue weighted by molar-refractivity contribution is 0.102. The number of anilines is 1. The number of carbonyl (C=O) groups is 1. The summed E-state index contributed by atoms with van der Waals surface area (Å²) in [5, 5.41) is 3.70. The third-order valence-corrected chi connectivity index (χ3v) is 5.82. The van der Waals surface area contributed by atoms with Crippen LogP contribution < -0.4 is 10.0 Å². The first-order valence-corrected chi connectivity index (χ1v) is 9.52. The van der Waals surface area contributed by atoms with Crippen LogP contribution in [0.3, 0.4) is 0 Å². The molecule has 0 saturated heterocycles. The van der Waals surface area contributed by atoms with Gasteiger partial charge in [-0.1, -0.05) is 18.2 Å². The molecule has 0 fully saturated rings. The molecule has 3 aromatic rings. The van der Waals surface area contributed by atoms with Crippen molar-refractivity contribution in [3.63, 3.8) is 0 Å². The van der Waals surface area contributed by atoms with E-state index >= 15 is 0 Å². The minimum atomic E-state index is -3.65. The van der Waals surface area contributed by atoms with Crippen molar-refractivity contribution in [1.29, 1.82) is 0 Å². The van der Waals surface area contributed by atoms with Crippen molar-refractivity contribution in [1.82, 2.24) is 9.71 Å². The zero-order valence-corrected chi connectivity index (χ0v) is 15.5. The van der Waals surface area contributed by atoms with Crippen LogP contribution in [0.15, 0.2) is 53.4 Å². The Kier molecular flexibility index (Phi) is 4.76. The fourth-order valence-corrected chi connectivity index (χ4v) is 3.74. The molecular formula is C19H19N3O3S. The lowest BCUT2D eigenvalue weighted by Crippen LogP contribution is -2.21. The van der Waals surface area contributed by atoms with Gasteiger partial charge in [0.15, 0.2) is 0 Å². The SMILES string of the molecule is CNS(=O)(=O)c1cc(C(=O)Nc2ccc3ccccc3n2)cc(C)c1C. The summed E-state index contributed by atoms with van der Waals surface area (Å²) in [6, 6.07) is 14.2. The zero-order valence-electron chi connectivity index (χ0n) is 14.7. The number of amides is 1. The van der Waals surface area contributed by atoms with Gasteiger partial charge in [-0.15, -0.1) is 0 Å². The van der Waals surface area contributed by atoms with Crippen LogP contribution in [0.4, 0.5) is 5.82 Å². The third-order valence-electron chi connectivity index (χ3n) is 4.28. The van der Waals surface area contributed by atoms with Gasteiger partial charge in [-0.2, -0.15) is 0 Å². The molecule has 0 aliphatic rings. The number of sulfonamides is 1. The molecule has 0 aliphatic heterocycles. The van der Waals surface area contributed by atoms with Crippen LogP contribution in [0.5, 0.6) is 0 Å². The fourth-order valence-electron chi connectivity index (χ4n) is 2.67. The molecule has 6 nitrogen and oxygen atoms in total. The number of nitrogens with one attached hydrogen (secondary N) is 2. The van der Waals surface area contributed by atoms with Gasteiger partial charge in [-0.3, -0.25) is 4.79 Å². The Morgan fingerprint density at radius 1 is 1.04 bits per heavy atom. The average Bonchev–Trinajstić information content (AvgIpc) is 2.63. The molecule has 3 rings (SSSR count). The highest BCUT2D eigenvalue weighted by Crippen LogP contribution is 2.22. The summed E-state index contributed by atoms with van der Waals surface area (Å²) in [6.45, 7) is 3.49. The van der Waals surface area contributed by atoms with E-state index in [9.17, 15) is 13.2 Å². The number of aromatic nitrogens is 1. The lowest BCUT2D eigenvalue weighted by atomic mass is 10.1. The summed E-state index contributed by atoms with van der Waals surface area (Å²) < 4.78 is 26.7. The average molecular weight is 369 g/mol. The van der Waals surface area contributed by atoms with Crippen molar-refractivity contribution in [3.8, 4) is 0 Å². The predicted molar refractivity (Wildman–Crippen MR) is 102 cm³/mol. The quantitative estimate of drug-likeness (QED) is 0.740. The standard InChI is InChI=1S/C19H19N3O3S/c1-12-10-15(11-17(13(12)2)26(24,25)20-3)19(23)22-18-9-8-14-6-4-5-7-16(14)21-18/h4-11,20H,1-3H3,(H,21,22,23). The molecule has 1 amide bonds. The number of aryl methyl sites for hydroxylation is 1. The van der Waals surface area contributed by atoms with Crippen molar-refractivity contribution in [3.05, 3.63) is 65.2 Å². The topological polar surface area (TPSA) is 88.2 Å². The van der Waals surface area contributed by atoms with E-state index in [2.05, 4.69) is 15.0 Å². The summed E-state index contributed by atoms with van der Waals surface area (Å²) >= 11 is 0. The molecule has 1 aromatic heterocycles. The van der Waals surface area contributed by atoms with Crippen LogP contribution >= 0.6 is 0 Å². The monoisotopic (exact) mass is 369 g/mol. The highest BCUT2D eigenvalue weighted by Gasteiger charge is 2.19. The van der Waals surface area contributed by atoms with E-state index in [0.29, 0.717) is 11.4 Å². The minimum absolute atomic E-state index is 0.0941. The summed E-state index contributed by atoms with van der Waals surface area (Å²) in [6.07, 6.45) is 0. The Bertz CT molecular complexity index is 1110. The molecule has 0 aliphatic carbocycles. The van der Waals surface area contributed by atoms with E-state index in [1.807, 2.05) is 30.3 Å². The fraction of sp³-hybridized carbons (Fsp3) is 0.158. The molecule has 7 heteroatoms. The minimum Gasteiger partial charge on any atom is -0.307 e. The third kappa shape index (κ3) is 3.44. The summed E-state index contributed by atoms with van der Waals surface area (Å²) in [5.74, 6) is -0.00612. The summed E-state index contributed by atoms with van der Waals surface area (Å²) in [4.78, 5) is 17.1. The van der Waals surface area contributed by atoms with Gasteiger partial charge in [0, 0.05) is 10.9 Å². The second kappa shape index (κ2) is 6.86. The normalized spacial score (nSPS) is 11.5. The molecule has 0 radical (unpaired) electrons. The molecule has 0 unspecified atom stereocenters. The zero-order chi connectivity index (χ0) is 18.9. The summed E-state index contributed by atoms with van der Waals surface area (Å²) in [5.41, 5.74) is 2.36. The smallest absolute Gasteiger partial charge is 0.256 e. The number of nitrogens with zero attached hydrogens (tertiary/aromatic N) is 1. The van der Waals surface area contributed by atoms with Crippen LogP contribution in [-0.4, -0.2) is 26.4 Å². The van der Waals surface area contributed by atoms with E-state index < -0.39 is 15.9 Å². The van der Waals surface area contributed by atoms with E-state index in [1.54, 1.807) is 26.0 Å². The number of carbonyl (C=O) groups excluding carboxylic acids is 1. The van der Waals surface area contributed by atoms with Crippen molar-refractivity contribution in [2.45, 2.75) is 18.7 Å². The molecule has 1 heterocycles. The van der Waals surface area contributed by atoms with Crippen LogP contribution in [0.2, 0.25) is 0 Å². The first-order valence-electron chi connectivity index (χ1n) is 8.04. The van der Waals surface area contributed by atoms with Gasteiger partial charge in [0.2, 0.25) is 10.0 Å². The van der Waals surface area contributed by atoms with E-state index in [4.69, 9.17) is 0 Å². The molecule has 0 bridgehead atoms. The Hall–Kier alpha value is -2.77. The molecule has 0 atom stereocenters. The molecule has 0 spiro atoms. The van der Waals surface area contributed by atoms with Gasteiger partial charge in [-0.05, 0) is 62.4 Å². The maximum absolute atomic E-state index is 12.6. The maximum Gasteiger partial charge on any atom is 0.256 e. The van der Waals surface area contributed by atoms with Crippen molar-refractivity contribution in [2.24, 2.45) is 0 Å². The first kappa shape index (κ1) is 18.0. The van der Waals surface area contributed by atoms with Crippen molar-refractivity contribution < 1.29 is 13.2 Å². The van der Waals surface area contributed by atoms with Gasteiger partial charge < -0.3 is 5.32 Å². The first-order chi connectivity index (χ1) is 12.3. The highest BCUT2D eigenvalue weighted by atomic mass is 32.2. The number of para-hydroxylation sites is 1. The van der Waals surface area contributed by atoms with E-state index in [0.717, 1.165) is 16.5 Å². The Morgan fingerprint density at radius 3 is 2.50 bits per heavy atom. The van der Waals surface area contributed by atoms with Crippen LogP contribution in [-0.2, 0) is 10.0 Å². The summed E-state index contributed by atoms with van der Waals surface area (Å²) in [7, 11) is -2.31. The second-order valence-electron chi connectivity index (χ2n) is 5.97. The van der Waals surface area contributed by atoms with Gasteiger partial charge in [0.1, 0.15) is 5.82 Å². The number of pyridine rings is 1. The van der Waals surface area contributed by atoms with E-state index in [-0.39, 0.29) is 10.5 Å². The largest absolute Gasteiger partial charge is 0.307 e. The van der Waals surface area contributed by atoms with Crippen molar-refractivity contribution >= 4 is 32.7 Å². The van der Waals surface area contributed by atoms with Crippen molar-refractivity contribution in [2.75, 3.05) is 12.4 Å². The molecule has 2 N–H and O–H groups in total. The second-order valence-corrected chi connectivity index (χ2v) is 7.82. The number of rotatable bonds is 4. The number of hydrogen-bond donors (Lipinski definition) is 2. The molecule has 2 aromatic carbocycles. The van der Waals surface area contributed by atoms with Gasteiger partial charge in [0.25, 0.3) is 5.91 Å².